The van der Waals surface area contributed by atoms with Crippen molar-refractivity contribution in [2.75, 3.05) is 60.0 Å². The third-order valence-corrected chi connectivity index (χ3v) is 6.31. The summed E-state index contributed by atoms with van der Waals surface area (Å²) in [5.41, 5.74) is 1.63. The molecule has 2 aromatic rings. The number of benzene rings is 1. The first-order valence-electron chi connectivity index (χ1n) is 10.2. The normalized spacial score (nSPS) is 20.4. The van der Waals surface area contributed by atoms with E-state index in [9.17, 15) is 4.79 Å². The molecular weight excluding hydrogens is 354 g/mol. The zero-order chi connectivity index (χ0) is 19.7. The number of likely N-dealkylation sites (tertiary alicyclic amines) is 1. The van der Waals surface area contributed by atoms with Gasteiger partial charge in [-0.1, -0.05) is 18.2 Å². The van der Waals surface area contributed by atoms with Crippen molar-refractivity contribution in [1.29, 1.82) is 0 Å². The highest BCUT2D eigenvalue weighted by Crippen LogP contribution is 2.32. The number of likely N-dealkylation sites (N-methyl/N-ethyl adjacent to an activating group) is 1. The molecule has 1 spiro atoms. The van der Waals surface area contributed by atoms with Gasteiger partial charge in [-0.15, -0.1) is 0 Å². The molecule has 0 radical (unpaired) electrons. The van der Waals surface area contributed by atoms with E-state index in [0.717, 1.165) is 69.7 Å². The van der Waals surface area contributed by atoms with Crippen molar-refractivity contribution < 1.29 is 9.53 Å². The molecular formula is C21H31N5O2. The molecule has 7 heteroatoms. The molecule has 2 saturated heterocycles. The van der Waals surface area contributed by atoms with E-state index in [1.54, 1.807) is 4.68 Å². The quantitative estimate of drug-likeness (QED) is 0.797. The lowest BCUT2D eigenvalue weighted by Gasteiger charge is -2.51. The van der Waals surface area contributed by atoms with Crippen molar-refractivity contribution in [2.24, 2.45) is 7.05 Å². The molecule has 0 N–H and O–H groups in total. The summed E-state index contributed by atoms with van der Waals surface area (Å²) in [5, 5.41) is 5.45. The number of hydrogen-bond donors (Lipinski definition) is 0. The lowest BCUT2D eigenvalue weighted by atomic mass is 9.85. The minimum Gasteiger partial charge on any atom is -0.378 e. The number of morpholine rings is 1. The molecule has 1 aromatic heterocycles. The van der Waals surface area contributed by atoms with E-state index in [1.165, 1.54) is 0 Å². The second kappa shape index (κ2) is 7.81. The van der Waals surface area contributed by atoms with E-state index in [1.807, 2.05) is 36.2 Å². The summed E-state index contributed by atoms with van der Waals surface area (Å²) in [6.45, 7) is 6.16. The van der Waals surface area contributed by atoms with Gasteiger partial charge in [-0.25, -0.2) is 0 Å². The molecule has 1 aromatic carbocycles. The van der Waals surface area contributed by atoms with Crippen LogP contribution >= 0.6 is 0 Å². The Morgan fingerprint density at radius 3 is 2.71 bits per heavy atom. The van der Waals surface area contributed by atoms with Crippen LogP contribution in [0.5, 0.6) is 0 Å². The van der Waals surface area contributed by atoms with E-state index >= 15 is 0 Å². The molecule has 7 nitrogen and oxygen atoms in total. The highest BCUT2D eigenvalue weighted by molar-refractivity contribution is 6.04. The Morgan fingerprint density at radius 2 is 1.96 bits per heavy atom. The van der Waals surface area contributed by atoms with E-state index < -0.39 is 0 Å². The minimum absolute atomic E-state index is 0.0446. The van der Waals surface area contributed by atoms with Crippen LogP contribution in [-0.2, 0) is 11.8 Å². The van der Waals surface area contributed by atoms with Gasteiger partial charge in [0, 0.05) is 50.7 Å². The maximum absolute atomic E-state index is 13.2. The van der Waals surface area contributed by atoms with Gasteiger partial charge >= 0.3 is 0 Å². The summed E-state index contributed by atoms with van der Waals surface area (Å²) in [5.74, 6) is 0.0446. The molecule has 4 rings (SSSR count). The lowest BCUT2D eigenvalue weighted by molar-refractivity contribution is -0.0927. The van der Waals surface area contributed by atoms with Gasteiger partial charge in [0.1, 0.15) is 0 Å². The predicted molar refractivity (Wildman–Crippen MR) is 110 cm³/mol. The van der Waals surface area contributed by atoms with E-state index in [0.29, 0.717) is 5.69 Å². The Hall–Kier alpha value is -1.96. The van der Waals surface area contributed by atoms with Gasteiger partial charge in [0.25, 0.3) is 5.91 Å². The molecule has 0 saturated carbocycles. The highest BCUT2D eigenvalue weighted by Gasteiger charge is 2.43. The number of amides is 1. The van der Waals surface area contributed by atoms with E-state index in [2.05, 4.69) is 29.0 Å². The summed E-state index contributed by atoms with van der Waals surface area (Å²) < 4.78 is 7.66. The van der Waals surface area contributed by atoms with Crippen LogP contribution in [0.15, 0.2) is 24.3 Å². The van der Waals surface area contributed by atoms with Gasteiger partial charge in [0.15, 0.2) is 5.69 Å². The smallest absolute Gasteiger partial charge is 0.275 e. The first kappa shape index (κ1) is 19.4. The summed E-state index contributed by atoms with van der Waals surface area (Å²) in [6.07, 6.45) is 1.91. The fraction of sp³-hybridized carbons (Fsp3) is 0.619. The molecule has 0 unspecified atom stereocenters. The molecule has 1 amide bonds. The average molecular weight is 386 g/mol. The zero-order valence-electron chi connectivity index (χ0n) is 17.2. The average Bonchev–Trinajstić information content (AvgIpc) is 3.04. The predicted octanol–water partition coefficient (Wildman–Crippen LogP) is 1.44. The number of rotatable bonds is 4. The Kier molecular flexibility index (Phi) is 5.40. The number of ether oxygens (including phenoxy) is 1. The standard InChI is InChI=1S/C21H31N5O2/c1-23(2)12-13-26-14-15-28-16-21(26)8-10-25(11-9-21)20(27)19-17-6-4-5-7-18(17)24(3)22-19/h4-7H,8-16H2,1-3H3. The van der Waals surface area contributed by atoms with Crippen molar-refractivity contribution in [3.63, 3.8) is 0 Å². The van der Waals surface area contributed by atoms with Crippen molar-refractivity contribution >= 4 is 16.8 Å². The van der Waals surface area contributed by atoms with E-state index in [4.69, 9.17) is 4.74 Å². The molecule has 0 bridgehead atoms. The molecule has 2 fully saturated rings. The fourth-order valence-electron chi connectivity index (χ4n) is 4.54. The van der Waals surface area contributed by atoms with Crippen molar-refractivity contribution in [1.82, 2.24) is 24.5 Å². The second-order valence-corrected chi connectivity index (χ2v) is 8.35. The van der Waals surface area contributed by atoms with Crippen LogP contribution in [0, 0.1) is 0 Å². The number of carbonyl (C=O) groups is 1. The van der Waals surface area contributed by atoms with Crippen LogP contribution < -0.4 is 0 Å². The first-order chi connectivity index (χ1) is 13.5. The Morgan fingerprint density at radius 1 is 1.21 bits per heavy atom. The van der Waals surface area contributed by atoms with Crippen LogP contribution in [0.4, 0.5) is 0 Å². The zero-order valence-corrected chi connectivity index (χ0v) is 17.2. The maximum atomic E-state index is 13.2. The number of aromatic nitrogens is 2. The van der Waals surface area contributed by atoms with Gasteiger partial charge in [0.2, 0.25) is 0 Å². The van der Waals surface area contributed by atoms with Crippen LogP contribution in [0.3, 0.4) is 0 Å². The summed E-state index contributed by atoms with van der Waals surface area (Å²) >= 11 is 0. The van der Waals surface area contributed by atoms with Gasteiger partial charge < -0.3 is 14.5 Å². The van der Waals surface area contributed by atoms with Crippen LogP contribution in [0.2, 0.25) is 0 Å². The topological polar surface area (TPSA) is 53.8 Å². The van der Waals surface area contributed by atoms with Crippen LogP contribution in [0.25, 0.3) is 10.9 Å². The first-order valence-corrected chi connectivity index (χ1v) is 10.2. The van der Waals surface area contributed by atoms with Crippen LogP contribution in [-0.4, -0.2) is 96.0 Å². The maximum Gasteiger partial charge on any atom is 0.275 e. The molecule has 2 aliphatic rings. The molecule has 2 aliphatic heterocycles. The van der Waals surface area contributed by atoms with Gasteiger partial charge in [-0.05, 0) is 33.0 Å². The second-order valence-electron chi connectivity index (χ2n) is 8.35. The van der Waals surface area contributed by atoms with Crippen molar-refractivity contribution in [3.8, 4) is 0 Å². The molecule has 0 atom stereocenters. The lowest BCUT2D eigenvalue weighted by Crippen LogP contribution is -2.62. The third-order valence-electron chi connectivity index (χ3n) is 6.31. The Bertz CT molecular complexity index is 838. The van der Waals surface area contributed by atoms with Gasteiger partial charge in [-0.2, -0.15) is 5.10 Å². The highest BCUT2D eigenvalue weighted by atomic mass is 16.5. The Balaban J connectivity index is 1.47. The van der Waals surface area contributed by atoms with Gasteiger partial charge in [-0.3, -0.25) is 14.4 Å². The number of piperidine rings is 1. The largest absolute Gasteiger partial charge is 0.378 e. The molecule has 0 aliphatic carbocycles. The van der Waals surface area contributed by atoms with Crippen molar-refractivity contribution in [3.05, 3.63) is 30.0 Å². The number of fused-ring (bicyclic) bond motifs is 1. The SMILES string of the molecule is CN(C)CCN1CCOCC12CCN(C(=O)c1nn(C)c3ccccc13)CC2. The number of hydrogen-bond acceptors (Lipinski definition) is 5. The third kappa shape index (κ3) is 3.54. The Labute approximate surface area is 166 Å². The van der Waals surface area contributed by atoms with Crippen molar-refractivity contribution in [2.45, 2.75) is 18.4 Å². The molecule has 152 valence electrons. The summed E-state index contributed by atoms with van der Waals surface area (Å²) in [7, 11) is 6.13. The summed E-state index contributed by atoms with van der Waals surface area (Å²) in [4.78, 5) is 20.0. The number of carbonyl (C=O) groups excluding carboxylic acids is 1. The minimum atomic E-state index is 0.0446. The summed E-state index contributed by atoms with van der Waals surface area (Å²) in [6, 6.07) is 7.94. The molecule has 3 heterocycles. The number of aryl methyl sites for hydroxylation is 1. The number of nitrogens with zero attached hydrogens (tertiary/aromatic N) is 5. The number of para-hydroxylation sites is 1. The van der Waals surface area contributed by atoms with E-state index in [-0.39, 0.29) is 11.4 Å². The fourth-order valence-corrected chi connectivity index (χ4v) is 4.54. The van der Waals surface area contributed by atoms with Crippen LogP contribution in [0.1, 0.15) is 23.3 Å². The van der Waals surface area contributed by atoms with Gasteiger partial charge in [0.05, 0.1) is 18.7 Å². The molecule has 28 heavy (non-hydrogen) atoms. The monoisotopic (exact) mass is 385 g/mol.